The number of methoxy groups -OCH3 is 2. The van der Waals surface area contributed by atoms with Gasteiger partial charge in [-0.25, -0.2) is 9.59 Å². The Bertz CT molecular complexity index is 783. The van der Waals surface area contributed by atoms with Gasteiger partial charge in [0.25, 0.3) is 0 Å². The molecule has 2 aromatic carbocycles. The van der Waals surface area contributed by atoms with Crippen molar-refractivity contribution in [3.8, 4) is 11.5 Å². The Morgan fingerprint density at radius 2 is 1.79 bits per heavy atom. The molecule has 6 heteroatoms. The van der Waals surface area contributed by atoms with E-state index >= 15 is 0 Å². The monoisotopic (exact) mass is 390 g/mol. The van der Waals surface area contributed by atoms with Gasteiger partial charge in [0.15, 0.2) is 11.5 Å². The fourth-order valence-corrected chi connectivity index (χ4v) is 2.33. The number of carbonyl (C=O) groups is 2. The molecule has 0 amide bonds. The maximum absolute atomic E-state index is 12.3. The molecule has 0 saturated carbocycles. The van der Waals surface area contributed by atoms with Crippen LogP contribution in [0.15, 0.2) is 53.0 Å². The van der Waals surface area contributed by atoms with E-state index in [0.717, 1.165) is 0 Å². The first-order valence-electron chi connectivity index (χ1n) is 6.96. The predicted molar refractivity (Wildman–Crippen MR) is 93.1 cm³/mol. The first-order valence-corrected chi connectivity index (χ1v) is 7.75. The van der Waals surface area contributed by atoms with Gasteiger partial charge < -0.3 is 14.2 Å². The fourth-order valence-electron chi connectivity index (χ4n) is 1.89. The Hall–Kier alpha value is -2.60. The average molecular weight is 391 g/mol. The largest absolute Gasteiger partial charge is 0.493 e. The lowest BCUT2D eigenvalue weighted by Crippen LogP contribution is -2.10. The first kappa shape index (κ1) is 17.7. The molecule has 124 valence electrons. The standard InChI is InChI=1S/C18H15BrO5/c1-22-16-11-12(8-10-17(20)23-2)7-9-15(16)24-18(21)13-5-3-4-6-14(13)19/h3-11H,1-2H3/b10-8+. The molecule has 2 rings (SSSR count). The SMILES string of the molecule is COC(=O)/C=C/c1ccc(OC(=O)c2ccccc2Br)c(OC)c1. The lowest BCUT2D eigenvalue weighted by atomic mass is 10.2. The summed E-state index contributed by atoms with van der Waals surface area (Å²) >= 11 is 3.31. The van der Waals surface area contributed by atoms with Gasteiger partial charge in [-0.1, -0.05) is 18.2 Å². The van der Waals surface area contributed by atoms with Gasteiger partial charge in [0.2, 0.25) is 0 Å². The van der Waals surface area contributed by atoms with Gasteiger partial charge in [0.1, 0.15) is 0 Å². The smallest absolute Gasteiger partial charge is 0.344 e. The van der Waals surface area contributed by atoms with E-state index in [2.05, 4.69) is 20.7 Å². The van der Waals surface area contributed by atoms with E-state index in [-0.39, 0.29) is 5.75 Å². The van der Waals surface area contributed by atoms with E-state index in [0.29, 0.717) is 21.3 Å². The van der Waals surface area contributed by atoms with Crippen LogP contribution < -0.4 is 9.47 Å². The van der Waals surface area contributed by atoms with Gasteiger partial charge in [-0.2, -0.15) is 0 Å². The number of ether oxygens (including phenoxy) is 3. The molecule has 0 N–H and O–H groups in total. The molecular formula is C18H15BrO5. The number of rotatable bonds is 5. The van der Waals surface area contributed by atoms with Crippen LogP contribution in [0, 0.1) is 0 Å². The zero-order valence-corrected chi connectivity index (χ0v) is 14.7. The summed E-state index contributed by atoms with van der Waals surface area (Å²) in [6, 6.07) is 11.9. The summed E-state index contributed by atoms with van der Waals surface area (Å²) in [5.41, 5.74) is 1.12. The Balaban J connectivity index is 2.22. The minimum Gasteiger partial charge on any atom is -0.493 e. The first-order chi connectivity index (χ1) is 11.5. The average Bonchev–Trinajstić information content (AvgIpc) is 2.60. The lowest BCUT2D eigenvalue weighted by Gasteiger charge is -2.10. The molecule has 0 aliphatic carbocycles. The number of halogens is 1. The summed E-state index contributed by atoms with van der Waals surface area (Å²) in [7, 11) is 2.77. The van der Waals surface area contributed by atoms with Crippen molar-refractivity contribution in [1.29, 1.82) is 0 Å². The maximum atomic E-state index is 12.3. The number of hydrogen-bond acceptors (Lipinski definition) is 5. The highest BCUT2D eigenvalue weighted by Crippen LogP contribution is 2.30. The van der Waals surface area contributed by atoms with E-state index in [4.69, 9.17) is 9.47 Å². The molecule has 0 spiro atoms. The summed E-state index contributed by atoms with van der Waals surface area (Å²) in [4.78, 5) is 23.4. The van der Waals surface area contributed by atoms with E-state index in [1.807, 2.05) is 6.07 Å². The van der Waals surface area contributed by atoms with Gasteiger partial charge >= 0.3 is 11.9 Å². The molecule has 5 nitrogen and oxygen atoms in total. The second kappa shape index (κ2) is 8.31. The molecule has 0 atom stereocenters. The van der Waals surface area contributed by atoms with Crippen LogP contribution in [0.5, 0.6) is 11.5 Å². The predicted octanol–water partition coefficient (Wildman–Crippen LogP) is 3.86. The minimum absolute atomic E-state index is 0.286. The molecule has 0 unspecified atom stereocenters. The summed E-state index contributed by atoms with van der Waals surface area (Å²) in [5.74, 6) is -0.298. The normalized spacial score (nSPS) is 10.5. The van der Waals surface area contributed by atoms with Crippen LogP contribution in [-0.4, -0.2) is 26.2 Å². The van der Waals surface area contributed by atoms with Crippen molar-refractivity contribution >= 4 is 33.9 Å². The van der Waals surface area contributed by atoms with Gasteiger partial charge in [-0.3, -0.25) is 0 Å². The van der Waals surface area contributed by atoms with Crippen molar-refractivity contribution in [1.82, 2.24) is 0 Å². The topological polar surface area (TPSA) is 61.8 Å². The minimum atomic E-state index is -0.501. The van der Waals surface area contributed by atoms with Crippen LogP contribution in [0.4, 0.5) is 0 Å². The zero-order chi connectivity index (χ0) is 17.5. The van der Waals surface area contributed by atoms with Crippen molar-refractivity contribution < 1.29 is 23.8 Å². The second-order valence-corrected chi connectivity index (χ2v) is 5.49. The summed E-state index contributed by atoms with van der Waals surface area (Å²) < 4.78 is 15.8. The Morgan fingerprint density at radius 1 is 1.04 bits per heavy atom. The van der Waals surface area contributed by atoms with Gasteiger partial charge in [0.05, 0.1) is 19.8 Å². The number of esters is 2. The third-order valence-corrected chi connectivity index (χ3v) is 3.79. The van der Waals surface area contributed by atoms with Crippen molar-refractivity contribution in [3.05, 3.63) is 64.1 Å². The third kappa shape index (κ3) is 4.45. The van der Waals surface area contributed by atoms with E-state index in [9.17, 15) is 9.59 Å². The van der Waals surface area contributed by atoms with Crippen molar-refractivity contribution in [2.75, 3.05) is 14.2 Å². The van der Waals surface area contributed by atoms with Crippen molar-refractivity contribution in [2.24, 2.45) is 0 Å². The van der Waals surface area contributed by atoms with Crippen molar-refractivity contribution in [2.45, 2.75) is 0 Å². The summed E-state index contributed by atoms with van der Waals surface area (Å²) in [6.45, 7) is 0. The fraction of sp³-hybridized carbons (Fsp3) is 0.111. The number of carbonyl (C=O) groups excluding carboxylic acids is 2. The molecule has 0 heterocycles. The zero-order valence-electron chi connectivity index (χ0n) is 13.1. The molecule has 0 radical (unpaired) electrons. The molecule has 0 fully saturated rings. The van der Waals surface area contributed by atoms with Crippen LogP contribution in [0.3, 0.4) is 0 Å². The molecule has 0 aliphatic rings. The highest BCUT2D eigenvalue weighted by molar-refractivity contribution is 9.10. The van der Waals surface area contributed by atoms with Gasteiger partial charge in [-0.05, 0) is 51.8 Å². The van der Waals surface area contributed by atoms with Gasteiger partial charge in [-0.15, -0.1) is 0 Å². The van der Waals surface area contributed by atoms with Crippen LogP contribution in [0.2, 0.25) is 0 Å². The molecular weight excluding hydrogens is 376 g/mol. The molecule has 24 heavy (non-hydrogen) atoms. The highest BCUT2D eigenvalue weighted by atomic mass is 79.9. The van der Waals surface area contributed by atoms with Crippen LogP contribution in [0.1, 0.15) is 15.9 Å². The summed E-state index contributed by atoms with van der Waals surface area (Å²) in [5, 5.41) is 0. The van der Waals surface area contributed by atoms with E-state index in [1.165, 1.54) is 20.3 Å². The van der Waals surface area contributed by atoms with E-state index in [1.54, 1.807) is 42.5 Å². The molecule has 2 aromatic rings. The molecule has 0 aromatic heterocycles. The Kier molecular flexibility index (Phi) is 6.14. The molecule has 0 bridgehead atoms. The van der Waals surface area contributed by atoms with Crippen LogP contribution in [-0.2, 0) is 9.53 Å². The maximum Gasteiger partial charge on any atom is 0.344 e. The highest BCUT2D eigenvalue weighted by Gasteiger charge is 2.15. The van der Waals surface area contributed by atoms with Crippen molar-refractivity contribution in [3.63, 3.8) is 0 Å². The number of benzene rings is 2. The van der Waals surface area contributed by atoms with E-state index < -0.39 is 11.9 Å². The quantitative estimate of drug-likeness (QED) is 0.440. The third-order valence-electron chi connectivity index (χ3n) is 3.10. The summed E-state index contributed by atoms with van der Waals surface area (Å²) in [6.07, 6.45) is 2.87. The molecule has 0 saturated heterocycles. The van der Waals surface area contributed by atoms with Crippen LogP contribution >= 0.6 is 15.9 Å². The Labute approximate surface area is 148 Å². The van der Waals surface area contributed by atoms with Crippen LogP contribution in [0.25, 0.3) is 6.08 Å². The number of hydrogen-bond donors (Lipinski definition) is 0. The lowest BCUT2D eigenvalue weighted by molar-refractivity contribution is -0.134. The van der Waals surface area contributed by atoms with Gasteiger partial charge in [0, 0.05) is 10.5 Å². The molecule has 0 aliphatic heterocycles. The second-order valence-electron chi connectivity index (χ2n) is 4.64. The Morgan fingerprint density at radius 3 is 2.46 bits per heavy atom.